The number of rotatable bonds is 5. The van der Waals surface area contributed by atoms with Gasteiger partial charge in [-0.3, -0.25) is 43.9 Å². The third kappa shape index (κ3) is 4.37. The van der Waals surface area contributed by atoms with Crippen LogP contribution in [0.1, 0.15) is 36.7 Å². The van der Waals surface area contributed by atoms with Gasteiger partial charge in [-0.2, -0.15) is 13.2 Å². The fraction of sp³-hybridized carbons (Fsp3) is 0.208. The Kier molecular flexibility index (Phi) is 6.96. The lowest BCUT2D eigenvalue weighted by atomic mass is 10.0. The zero-order chi connectivity index (χ0) is 29.8. The van der Waals surface area contributed by atoms with Crippen molar-refractivity contribution in [2.24, 2.45) is 0 Å². The van der Waals surface area contributed by atoms with Crippen LogP contribution in [-0.2, 0) is 6.18 Å². The van der Waals surface area contributed by atoms with Gasteiger partial charge in [-0.1, -0.05) is 31.5 Å². The molecule has 0 N–H and O–H groups in total. The summed E-state index contributed by atoms with van der Waals surface area (Å²) in [5.41, 5.74) is -9.69. The number of nitrogens with zero attached hydrogens (tertiary/aromatic N) is 5. The van der Waals surface area contributed by atoms with E-state index >= 15 is 4.39 Å². The molecule has 0 saturated carbocycles. The van der Waals surface area contributed by atoms with Crippen LogP contribution < -0.4 is 11.1 Å². The lowest BCUT2D eigenvalue weighted by Crippen LogP contribution is -2.34. The Hall–Kier alpha value is -4.66. The predicted molar refractivity (Wildman–Crippen MR) is 135 cm³/mol. The Balaban J connectivity index is 2.44. The molecule has 0 atom stereocenters. The van der Waals surface area contributed by atoms with Gasteiger partial charge in [0.2, 0.25) is 0 Å². The molecule has 3 aromatic heterocycles. The Morgan fingerprint density at radius 3 is 2.20 bits per heavy atom. The second-order valence-corrected chi connectivity index (χ2v) is 9.25. The smallest absolute Gasteiger partial charge is 0.267 e. The Morgan fingerprint density at radius 2 is 1.65 bits per heavy atom. The van der Waals surface area contributed by atoms with Crippen molar-refractivity contribution in [2.75, 3.05) is 0 Å². The van der Waals surface area contributed by atoms with E-state index in [1.54, 1.807) is 13.8 Å². The first-order valence-electron chi connectivity index (χ1n) is 11.2. The SMILES string of the molecule is Cc1ccnc(C(C)C)c1-n1c(=O)c([N+](=O)[O-])c(Cl)c2cc(C(F)(F)F)n(-c3c(F)cccc3[N+](=O)[O-])c(=O)c21. The van der Waals surface area contributed by atoms with E-state index in [1.807, 2.05) is 0 Å². The molecule has 0 fully saturated rings. The molecule has 4 aromatic rings. The molecule has 0 saturated heterocycles. The molecule has 208 valence electrons. The number of hydrogen-bond acceptors (Lipinski definition) is 7. The average molecular weight is 582 g/mol. The minimum atomic E-state index is -5.45. The number of fused-ring (bicyclic) bond motifs is 1. The van der Waals surface area contributed by atoms with Crippen LogP contribution in [-0.4, -0.2) is 24.0 Å². The molecule has 0 radical (unpaired) electrons. The first kappa shape index (κ1) is 28.4. The van der Waals surface area contributed by atoms with E-state index in [2.05, 4.69) is 4.98 Å². The van der Waals surface area contributed by atoms with Gasteiger partial charge in [0.25, 0.3) is 11.2 Å². The molecule has 11 nitrogen and oxygen atoms in total. The fourth-order valence-electron chi connectivity index (χ4n) is 4.37. The molecule has 0 amide bonds. The third-order valence-corrected chi connectivity index (χ3v) is 6.42. The summed E-state index contributed by atoms with van der Waals surface area (Å²) in [5.74, 6) is -2.01. The van der Waals surface area contributed by atoms with Crippen molar-refractivity contribution in [2.45, 2.75) is 32.9 Å². The molecule has 0 unspecified atom stereocenters. The Morgan fingerprint density at radius 1 is 1.00 bits per heavy atom. The summed E-state index contributed by atoms with van der Waals surface area (Å²) in [6.07, 6.45) is -4.09. The molecule has 40 heavy (non-hydrogen) atoms. The number of benzene rings is 1. The van der Waals surface area contributed by atoms with Crippen LogP contribution >= 0.6 is 11.6 Å². The van der Waals surface area contributed by atoms with Crippen LogP contribution in [0.4, 0.5) is 28.9 Å². The van der Waals surface area contributed by atoms with Crippen molar-refractivity contribution in [3.8, 4) is 11.4 Å². The number of aryl methyl sites for hydroxylation is 1. The van der Waals surface area contributed by atoms with E-state index in [1.165, 1.54) is 19.2 Å². The highest BCUT2D eigenvalue weighted by Crippen LogP contribution is 2.38. The van der Waals surface area contributed by atoms with E-state index in [0.29, 0.717) is 16.7 Å². The second kappa shape index (κ2) is 9.82. The molecule has 0 aliphatic heterocycles. The predicted octanol–water partition coefficient (Wildman–Crippen LogP) is 5.60. The van der Waals surface area contributed by atoms with Gasteiger partial charge in [-0.25, -0.2) is 4.39 Å². The number of hydrogen-bond donors (Lipinski definition) is 0. The quantitative estimate of drug-likeness (QED) is 0.170. The van der Waals surface area contributed by atoms with E-state index in [9.17, 15) is 43.0 Å². The third-order valence-electron chi connectivity index (χ3n) is 6.04. The summed E-state index contributed by atoms with van der Waals surface area (Å²) in [7, 11) is 0. The molecular formula is C24H16ClF4N5O6. The van der Waals surface area contributed by atoms with Crippen LogP contribution in [0, 0.1) is 33.0 Å². The molecule has 0 spiro atoms. The molecule has 3 heterocycles. The lowest BCUT2D eigenvalue weighted by Gasteiger charge is -2.21. The maximum Gasteiger partial charge on any atom is 0.431 e. The molecule has 1 aromatic carbocycles. The van der Waals surface area contributed by atoms with Gasteiger partial charge in [0.1, 0.15) is 16.2 Å². The standard InChI is InChI=1S/C24H16ClF4N5O6/c1-10(2)17-18(11(3)7-8-30-17)32-19-12(16(25)21(23(32)36)34(39)40)9-15(24(27,28)29)31(22(19)35)20-13(26)5-4-6-14(20)33(37)38/h4-10H,1-3H3. The number of alkyl halides is 3. The van der Waals surface area contributed by atoms with Crippen LogP contribution in [0.5, 0.6) is 0 Å². The maximum atomic E-state index is 15.0. The largest absolute Gasteiger partial charge is 0.431 e. The molecule has 0 aliphatic carbocycles. The van der Waals surface area contributed by atoms with Crippen LogP contribution in [0.3, 0.4) is 0 Å². The van der Waals surface area contributed by atoms with Crippen molar-refractivity contribution in [1.29, 1.82) is 0 Å². The first-order chi connectivity index (χ1) is 18.6. The highest BCUT2D eigenvalue weighted by Gasteiger charge is 2.40. The summed E-state index contributed by atoms with van der Waals surface area (Å²) >= 11 is 6.08. The summed E-state index contributed by atoms with van der Waals surface area (Å²) in [6, 6.07) is 3.76. The van der Waals surface area contributed by atoms with E-state index in [4.69, 9.17) is 11.6 Å². The Bertz CT molecular complexity index is 1870. The lowest BCUT2D eigenvalue weighted by molar-refractivity contribution is -0.386. The summed E-state index contributed by atoms with van der Waals surface area (Å²) in [6.45, 7) is 4.75. The van der Waals surface area contributed by atoms with Gasteiger partial charge in [0.05, 0.1) is 21.2 Å². The highest BCUT2D eigenvalue weighted by atomic mass is 35.5. The number of aromatic nitrogens is 3. The van der Waals surface area contributed by atoms with E-state index < -0.39 is 77.6 Å². The summed E-state index contributed by atoms with van der Waals surface area (Å²) in [4.78, 5) is 52.8. The highest BCUT2D eigenvalue weighted by molar-refractivity contribution is 6.37. The van der Waals surface area contributed by atoms with Gasteiger partial charge in [-0.05, 0) is 36.6 Å². The summed E-state index contributed by atoms with van der Waals surface area (Å²) < 4.78 is 58.2. The Labute approximate surface area is 225 Å². The van der Waals surface area contributed by atoms with Crippen LogP contribution in [0.15, 0.2) is 46.1 Å². The second-order valence-electron chi connectivity index (χ2n) is 8.87. The van der Waals surface area contributed by atoms with Crippen molar-refractivity contribution in [3.63, 3.8) is 0 Å². The van der Waals surface area contributed by atoms with Gasteiger partial charge in [-0.15, -0.1) is 0 Å². The fourth-order valence-corrected chi connectivity index (χ4v) is 4.67. The molecule has 0 bridgehead atoms. The normalized spacial score (nSPS) is 11.8. The van der Waals surface area contributed by atoms with Crippen molar-refractivity contribution >= 4 is 33.9 Å². The van der Waals surface area contributed by atoms with Gasteiger partial charge in [0.15, 0.2) is 11.5 Å². The maximum absolute atomic E-state index is 15.0. The molecule has 16 heteroatoms. The van der Waals surface area contributed by atoms with Crippen molar-refractivity contribution in [3.05, 3.63) is 105 Å². The molecule has 4 rings (SSSR count). The number of nitro groups is 2. The number of nitro benzene ring substituents is 1. The average Bonchev–Trinajstić information content (AvgIpc) is 2.84. The topological polar surface area (TPSA) is 143 Å². The van der Waals surface area contributed by atoms with Gasteiger partial charge >= 0.3 is 17.4 Å². The summed E-state index contributed by atoms with van der Waals surface area (Å²) in [5, 5.41) is 21.6. The number of halogens is 5. The van der Waals surface area contributed by atoms with Crippen molar-refractivity contribution < 1.29 is 27.4 Å². The van der Waals surface area contributed by atoms with Gasteiger partial charge in [0, 0.05) is 17.6 Å². The van der Waals surface area contributed by atoms with E-state index in [0.717, 1.165) is 6.07 Å². The number of para-hydroxylation sites is 1. The first-order valence-corrected chi connectivity index (χ1v) is 11.6. The minimum Gasteiger partial charge on any atom is -0.267 e. The van der Waals surface area contributed by atoms with Crippen LogP contribution in [0.25, 0.3) is 22.3 Å². The van der Waals surface area contributed by atoms with E-state index in [-0.39, 0.29) is 27.6 Å². The zero-order valence-electron chi connectivity index (χ0n) is 20.6. The monoisotopic (exact) mass is 581 g/mol. The molecular weight excluding hydrogens is 566 g/mol. The van der Waals surface area contributed by atoms with Crippen molar-refractivity contribution in [1.82, 2.24) is 14.1 Å². The van der Waals surface area contributed by atoms with Gasteiger partial charge < -0.3 is 0 Å². The molecule has 0 aliphatic rings. The number of pyridine rings is 3. The van der Waals surface area contributed by atoms with Crippen LogP contribution in [0.2, 0.25) is 5.02 Å². The zero-order valence-corrected chi connectivity index (χ0v) is 21.4. The minimum absolute atomic E-state index is 0.141.